The number of hydrogen-bond donors (Lipinski definition) is 1. The van der Waals surface area contributed by atoms with Gasteiger partial charge >= 0.3 is 0 Å². The van der Waals surface area contributed by atoms with E-state index in [0.29, 0.717) is 12.5 Å². The summed E-state index contributed by atoms with van der Waals surface area (Å²) >= 11 is 0. The van der Waals surface area contributed by atoms with Crippen molar-refractivity contribution in [2.24, 2.45) is 5.41 Å². The predicted octanol–water partition coefficient (Wildman–Crippen LogP) is 1.39. The minimum absolute atomic E-state index is 0.271. The minimum atomic E-state index is 0.271. The molecule has 84 valence electrons. The van der Waals surface area contributed by atoms with Gasteiger partial charge < -0.3 is 5.32 Å². The van der Waals surface area contributed by atoms with E-state index in [9.17, 15) is 0 Å². The Morgan fingerprint density at radius 2 is 2.40 bits per heavy atom. The van der Waals surface area contributed by atoms with E-state index < -0.39 is 0 Å². The molecule has 1 saturated heterocycles. The Kier molecular flexibility index (Phi) is 4.31. The summed E-state index contributed by atoms with van der Waals surface area (Å²) in [5, 5.41) is 12.2. The molecule has 3 nitrogen and oxygen atoms in total. The molecule has 1 aliphatic rings. The fourth-order valence-electron chi connectivity index (χ4n) is 2.09. The summed E-state index contributed by atoms with van der Waals surface area (Å²) in [6, 6.07) is 2.54. The maximum Gasteiger partial charge on any atom is 0.0638 e. The van der Waals surface area contributed by atoms with E-state index >= 15 is 0 Å². The van der Waals surface area contributed by atoms with Gasteiger partial charge in [-0.15, -0.1) is 6.58 Å². The van der Waals surface area contributed by atoms with Crippen molar-refractivity contribution in [3.8, 4) is 6.07 Å². The van der Waals surface area contributed by atoms with E-state index in [0.717, 1.165) is 26.2 Å². The summed E-state index contributed by atoms with van der Waals surface area (Å²) < 4.78 is 0. The van der Waals surface area contributed by atoms with Gasteiger partial charge in [-0.05, 0) is 5.41 Å². The van der Waals surface area contributed by atoms with Gasteiger partial charge in [0.25, 0.3) is 0 Å². The number of nitriles is 1. The first-order valence-corrected chi connectivity index (χ1v) is 5.51. The molecule has 0 spiro atoms. The zero-order valence-electron chi connectivity index (χ0n) is 9.79. The van der Waals surface area contributed by atoms with Gasteiger partial charge in [0, 0.05) is 32.2 Å². The second-order valence-corrected chi connectivity index (χ2v) is 5.09. The fraction of sp³-hybridized carbons (Fsp3) is 0.750. The summed E-state index contributed by atoms with van der Waals surface area (Å²) in [4.78, 5) is 2.37. The standard InChI is InChI=1S/C12H21N3/c1-4-7-15-8-11(5-6-13)14-9-12(2,3)10-15/h4,11,14H,1,5,7-10H2,2-3H3. The van der Waals surface area contributed by atoms with Crippen molar-refractivity contribution < 1.29 is 0 Å². The maximum atomic E-state index is 8.73. The van der Waals surface area contributed by atoms with Crippen LogP contribution < -0.4 is 5.32 Å². The van der Waals surface area contributed by atoms with Crippen LogP contribution >= 0.6 is 0 Å². The predicted molar refractivity (Wildman–Crippen MR) is 62.4 cm³/mol. The van der Waals surface area contributed by atoms with E-state index in [4.69, 9.17) is 5.26 Å². The molecule has 1 N–H and O–H groups in total. The van der Waals surface area contributed by atoms with Crippen LogP contribution in [0.15, 0.2) is 12.7 Å². The molecule has 1 unspecified atom stereocenters. The van der Waals surface area contributed by atoms with Crippen LogP contribution in [0.1, 0.15) is 20.3 Å². The third kappa shape index (κ3) is 4.03. The SMILES string of the molecule is C=CCN1CC(CC#N)NCC(C)(C)C1. The maximum absolute atomic E-state index is 8.73. The highest BCUT2D eigenvalue weighted by molar-refractivity contribution is 4.91. The normalized spacial score (nSPS) is 26.6. The average Bonchev–Trinajstić information content (AvgIpc) is 2.26. The van der Waals surface area contributed by atoms with Crippen LogP contribution in [0.5, 0.6) is 0 Å². The number of hydrogen-bond acceptors (Lipinski definition) is 3. The first kappa shape index (κ1) is 12.2. The highest BCUT2D eigenvalue weighted by Gasteiger charge is 2.27. The van der Waals surface area contributed by atoms with Crippen molar-refractivity contribution in [1.82, 2.24) is 10.2 Å². The molecule has 0 aromatic carbocycles. The van der Waals surface area contributed by atoms with Gasteiger partial charge in [0.1, 0.15) is 0 Å². The van der Waals surface area contributed by atoms with E-state index in [1.807, 2.05) is 6.08 Å². The molecule has 1 rings (SSSR count). The van der Waals surface area contributed by atoms with Gasteiger partial charge in [-0.1, -0.05) is 19.9 Å². The molecule has 0 aromatic rings. The third-order valence-corrected chi connectivity index (χ3v) is 2.72. The minimum Gasteiger partial charge on any atom is -0.311 e. The molecule has 1 heterocycles. The van der Waals surface area contributed by atoms with Gasteiger partial charge in [-0.3, -0.25) is 4.90 Å². The first-order chi connectivity index (χ1) is 7.07. The van der Waals surface area contributed by atoms with Gasteiger partial charge in [0.15, 0.2) is 0 Å². The van der Waals surface area contributed by atoms with Gasteiger partial charge in [0.05, 0.1) is 12.5 Å². The van der Waals surface area contributed by atoms with E-state index in [1.54, 1.807) is 0 Å². The number of rotatable bonds is 3. The van der Waals surface area contributed by atoms with Crippen LogP contribution in [-0.2, 0) is 0 Å². The molecule has 1 atom stereocenters. The zero-order chi connectivity index (χ0) is 11.3. The topological polar surface area (TPSA) is 39.1 Å². The monoisotopic (exact) mass is 207 g/mol. The van der Waals surface area contributed by atoms with Crippen molar-refractivity contribution >= 4 is 0 Å². The van der Waals surface area contributed by atoms with Crippen molar-refractivity contribution in [1.29, 1.82) is 5.26 Å². The Labute approximate surface area is 92.8 Å². The second kappa shape index (κ2) is 5.29. The molecule has 0 radical (unpaired) electrons. The molecule has 0 aliphatic carbocycles. The Bertz CT molecular complexity index is 252. The average molecular weight is 207 g/mol. The Balaban J connectivity index is 2.62. The van der Waals surface area contributed by atoms with Crippen LogP contribution in [-0.4, -0.2) is 37.1 Å². The molecule has 0 amide bonds. The lowest BCUT2D eigenvalue weighted by Crippen LogP contribution is -2.37. The summed E-state index contributed by atoms with van der Waals surface area (Å²) in [5.41, 5.74) is 0.271. The third-order valence-electron chi connectivity index (χ3n) is 2.72. The number of nitrogens with zero attached hydrogens (tertiary/aromatic N) is 2. The van der Waals surface area contributed by atoms with Crippen molar-refractivity contribution in [3.05, 3.63) is 12.7 Å². The van der Waals surface area contributed by atoms with Crippen LogP contribution in [0.4, 0.5) is 0 Å². The molecular weight excluding hydrogens is 186 g/mol. The molecular formula is C12H21N3. The number of nitrogens with one attached hydrogen (secondary N) is 1. The van der Waals surface area contributed by atoms with Gasteiger partial charge in [-0.2, -0.15) is 5.26 Å². The highest BCUT2D eigenvalue weighted by atomic mass is 15.2. The summed E-state index contributed by atoms with van der Waals surface area (Å²) in [5.74, 6) is 0. The van der Waals surface area contributed by atoms with Crippen LogP contribution in [0.25, 0.3) is 0 Å². The Morgan fingerprint density at radius 1 is 1.67 bits per heavy atom. The summed E-state index contributed by atoms with van der Waals surface area (Å²) in [6.45, 7) is 12.2. The van der Waals surface area contributed by atoms with Crippen LogP contribution in [0.2, 0.25) is 0 Å². The first-order valence-electron chi connectivity index (χ1n) is 5.51. The van der Waals surface area contributed by atoms with Crippen molar-refractivity contribution in [3.63, 3.8) is 0 Å². The van der Waals surface area contributed by atoms with Gasteiger partial charge in [-0.25, -0.2) is 0 Å². The largest absolute Gasteiger partial charge is 0.311 e. The Morgan fingerprint density at radius 3 is 3.00 bits per heavy atom. The molecule has 15 heavy (non-hydrogen) atoms. The van der Waals surface area contributed by atoms with E-state index in [-0.39, 0.29) is 5.41 Å². The molecule has 1 aliphatic heterocycles. The lowest BCUT2D eigenvalue weighted by Gasteiger charge is -2.28. The Hall–Kier alpha value is -0.850. The quantitative estimate of drug-likeness (QED) is 0.711. The lowest BCUT2D eigenvalue weighted by atomic mass is 9.93. The smallest absolute Gasteiger partial charge is 0.0638 e. The molecule has 1 fully saturated rings. The van der Waals surface area contributed by atoms with E-state index in [2.05, 4.69) is 36.7 Å². The summed E-state index contributed by atoms with van der Waals surface area (Å²) in [6.07, 6.45) is 2.52. The van der Waals surface area contributed by atoms with E-state index in [1.165, 1.54) is 0 Å². The zero-order valence-corrected chi connectivity index (χ0v) is 9.79. The van der Waals surface area contributed by atoms with Crippen molar-refractivity contribution in [2.75, 3.05) is 26.2 Å². The lowest BCUT2D eigenvalue weighted by molar-refractivity contribution is 0.219. The van der Waals surface area contributed by atoms with Gasteiger partial charge in [0.2, 0.25) is 0 Å². The molecule has 0 bridgehead atoms. The fourth-order valence-corrected chi connectivity index (χ4v) is 2.09. The summed E-state index contributed by atoms with van der Waals surface area (Å²) in [7, 11) is 0. The van der Waals surface area contributed by atoms with Crippen LogP contribution in [0.3, 0.4) is 0 Å². The highest BCUT2D eigenvalue weighted by Crippen LogP contribution is 2.19. The second-order valence-electron chi connectivity index (χ2n) is 5.09. The van der Waals surface area contributed by atoms with Crippen molar-refractivity contribution in [2.45, 2.75) is 26.3 Å². The molecule has 0 aromatic heterocycles. The van der Waals surface area contributed by atoms with Crippen LogP contribution in [0, 0.1) is 16.7 Å². The molecule has 3 heteroatoms. The molecule has 0 saturated carbocycles.